The minimum absolute atomic E-state index is 0.117. The van der Waals surface area contributed by atoms with Crippen molar-refractivity contribution in [3.63, 3.8) is 0 Å². The Morgan fingerprint density at radius 2 is 2.00 bits per heavy atom. The van der Waals surface area contributed by atoms with Crippen molar-refractivity contribution in [2.75, 3.05) is 10.5 Å². The average Bonchev–Trinajstić information content (AvgIpc) is 2.37. The van der Waals surface area contributed by atoms with E-state index in [0.717, 1.165) is 12.1 Å². The number of hydrogen-bond acceptors (Lipinski definition) is 6. The predicted molar refractivity (Wildman–Crippen MR) is 77.3 cm³/mol. The first-order chi connectivity index (χ1) is 9.79. The molecule has 1 heterocycles. The monoisotopic (exact) mass is 308 g/mol. The minimum Gasteiger partial charge on any atom is -0.399 e. The summed E-state index contributed by atoms with van der Waals surface area (Å²) in [6.45, 7) is 1.70. The van der Waals surface area contributed by atoms with Crippen molar-refractivity contribution in [1.82, 2.24) is 4.98 Å². The van der Waals surface area contributed by atoms with Gasteiger partial charge < -0.3 is 5.73 Å². The van der Waals surface area contributed by atoms with E-state index in [1.54, 1.807) is 6.92 Å². The molecule has 8 nitrogen and oxygen atoms in total. The molecule has 0 aliphatic carbocycles. The van der Waals surface area contributed by atoms with Crippen LogP contribution < -0.4 is 10.5 Å². The van der Waals surface area contributed by atoms with E-state index in [9.17, 15) is 18.5 Å². The molecule has 2 rings (SSSR count). The van der Waals surface area contributed by atoms with Crippen molar-refractivity contribution in [2.24, 2.45) is 0 Å². The molecule has 0 saturated heterocycles. The fraction of sp³-hybridized carbons (Fsp3) is 0.0833. The molecule has 1 aromatic heterocycles. The van der Waals surface area contributed by atoms with Gasteiger partial charge in [0.25, 0.3) is 15.7 Å². The van der Waals surface area contributed by atoms with Crippen LogP contribution in [0.5, 0.6) is 0 Å². The second kappa shape index (κ2) is 5.37. The van der Waals surface area contributed by atoms with Gasteiger partial charge in [-0.1, -0.05) is 0 Å². The van der Waals surface area contributed by atoms with E-state index in [-0.39, 0.29) is 11.4 Å². The van der Waals surface area contributed by atoms with E-state index < -0.39 is 25.5 Å². The Bertz CT molecular complexity index is 805. The van der Waals surface area contributed by atoms with Gasteiger partial charge in [0.05, 0.1) is 10.6 Å². The van der Waals surface area contributed by atoms with Crippen LogP contribution in [-0.2, 0) is 10.0 Å². The Balaban J connectivity index is 2.49. The molecular formula is C12H12N4O4S. The Hall–Kier alpha value is -2.68. The summed E-state index contributed by atoms with van der Waals surface area (Å²) in [6, 6.07) is 6.34. The molecule has 2 aromatic rings. The average molecular weight is 308 g/mol. The molecule has 0 saturated carbocycles. The lowest BCUT2D eigenvalue weighted by molar-refractivity contribution is -0.387. The Kier molecular flexibility index (Phi) is 3.76. The van der Waals surface area contributed by atoms with Crippen LogP contribution in [0.15, 0.2) is 41.4 Å². The zero-order valence-corrected chi connectivity index (χ0v) is 11.8. The highest BCUT2D eigenvalue weighted by molar-refractivity contribution is 7.92. The van der Waals surface area contributed by atoms with Gasteiger partial charge in [0, 0.05) is 23.6 Å². The third-order valence-corrected chi connectivity index (χ3v) is 4.03. The number of nitrogen functional groups attached to an aromatic ring is 1. The number of hydrogen-bond donors (Lipinski definition) is 2. The number of nitro groups is 1. The lowest BCUT2D eigenvalue weighted by Gasteiger charge is -2.09. The van der Waals surface area contributed by atoms with E-state index in [2.05, 4.69) is 9.71 Å². The summed E-state index contributed by atoms with van der Waals surface area (Å²) in [5, 5.41) is 10.9. The van der Waals surface area contributed by atoms with Gasteiger partial charge >= 0.3 is 0 Å². The molecule has 0 spiro atoms. The Morgan fingerprint density at radius 1 is 1.29 bits per heavy atom. The number of pyridine rings is 1. The van der Waals surface area contributed by atoms with Crippen LogP contribution in [0.1, 0.15) is 5.69 Å². The molecule has 0 amide bonds. The highest BCUT2D eigenvalue weighted by Gasteiger charge is 2.26. The molecule has 3 N–H and O–H groups in total. The molecule has 110 valence electrons. The number of nitrogens with zero attached hydrogens (tertiary/aromatic N) is 2. The van der Waals surface area contributed by atoms with E-state index in [1.807, 2.05) is 0 Å². The molecule has 0 bridgehead atoms. The van der Waals surface area contributed by atoms with Crippen LogP contribution >= 0.6 is 0 Å². The van der Waals surface area contributed by atoms with Gasteiger partial charge in [0.2, 0.25) is 0 Å². The van der Waals surface area contributed by atoms with Crippen molar-refractivity contribution in [2.45, 2.75) is 11.8 Å². The van der Waals surface area contributed by atoms with Gasteiger partial charge in [-0.2, -0.15) is 0 Å². The fourth-order valence-electron chi connectivity index (χ4n) is 1.72. The zero-order valence-electron chi connectivity index (χ0n) is 11.0. The van der Waals surface area contributed by atoms with Gasteiger partial charge in [-0.3, -0.25) is 19.8 Å². The number of benzene rings is 1. The molecule has 9 heteroatoms. The second-order valence-corrected chi connectivity index (χ2v) is 5.93. The van der Waals surface area contributed by atoms with Crippen LogP contribution in [0, 0.1) is 17.0 Å². The third kappa shape index (κ3) is 3.26. The van der Waals surface area contributed by atoms with Crippen LogP contribution in [0.2, 0.25) is 0 Å². The SMILES string of the molecule is Cc1cc(NS(=O)(=O)c2cc(N)ccc2[N+](=O)[O-])ccn1. The summed E-state index contributed by atoms with van der Waals surface area (Å²) in [7, 11) is -4.13. The molecule has 1 aromatic carbocycles. The van der Waals surface area contributed by atoms with Crippen LogP contribution in [0.3, 0.4) is 0 Å². The summed E-state index contributed by atoms with van der Waals surface area (Å²) in [5.74, 6) is 0. The summed E-state index contributed by atoms with van der Waals surface area (Å²) >= 11 is 0. The summed E-state index contributed by atoms with van der Waals surface area (Å²) in [6.07, 6.45) is 1.43. The van der Waals surface area contributed by atoms with Crippen molar-refractivity contribution >= 4 is 27.1 Å². The number of aromatic nitrogens is 1. The normalized spacial score (nSPS) is 11.1. The number of nitrogens with one attached hydrogen (secondary N) is 1. The Labute approximate surface area is 120 Å². The van der Waals surface area contributed by atoms with Crippen LogP contribution in [-0.4, -0.2) is 18.3 Å². The van der Waals surface area contributed by atoms with Crippen molar-refractivity contribution in [3.8, 4) is 0 Å². The minimum atomic E-state index is -4.13. The standard InChI is InChI=1S/C12H12N4O4S/c1-8-6-10(4-5-14-8)15-21(19,20)12-7-9(13)2-3-11(12)16(17)18/h2-7H,13H2,1H3,(H,14,15). The number of sulfonamides is 1. The van der Waals surface area contributed by atoms with E-state index in [0.29, 0.717) is 5.69 Å². The lowest BCUT2D eigenvalue weighted by Crippen LogP contribution is -2.15. The molecular weight excluding hydrogens is 296 g/mol. The molecule has 0 radical (unpaired) electrons. The second-order valence-electron chi connectivity index (χ2n) is 4.28. The quantitative estimate of drug-likeness (QED) is 0.502. The number of aryl methyl sites for hydroxylation is 1. The molecule has 0 aliphatic heterocycles. The summed E-state index contributed by atoms with van der Waals surface area (Å²) in [4.78, 5) is 13.6. The van der Waals surface area contributed by atoms with Crippen molar-refractivity contribution in [1.29, 1.82) is 0 Å². The first-order valence-electron chi connectivity index (χ1n) is 5.79. The first-order valence-corrected chi connectivity index (χ1v) is 7.27. The van der Waals surface area contributed by atoms with Crippen LogP contribution in [0.4, 0.5) is 17.1 Å². The summed E-state index contributed by atoms with van der Waals surface area (Å²) < 4.78 is 26.9. The number of rotatable bonds is 4. The maximum Gasteiger partial charge on any atom is 0.290 e. The Morgan fingerprint density at radius 3 is 2.62 bits per heavy atom. The van der Waals surface area contributed by atoms with E-state index >= 15 is 0 Å². The van der Waals surface area contributed by atoms with Crippen LogP contribution in [0.25, 0.3) is 0 Å². The van der Waals surface area contributed by atoms with E-state index in [4.69, 9.17) is 5.73 Å². The first kappa shape index (κ1) is 14.7. The fourth-order valence-corrected chi connectivity index (χ4v) is 2.97. The predicted octanol–water partition coefficient (Wildman–Crippen LogP) is 1.68. The third-order valence-electron chi connectivity index (χ3n) is 2.62. The number of nitrogens with two attached hydrogens (primary N) is 1. The number of nitro benzene ring substituents is 1. The largest absolute Gasteiger partial charge is 0.399 e. The maximum absolute atomic E-state index is 12.3. The topological polar surface area (TPSA) is 128 Å². The van der Waals surface area contributed by atoms with Crippen molar-refractivity contribution < 1.29 is 13.3 Å². The highest BCUT2D eigenvalue weighted by Crippen LogP contribution is 2.27. The van der Waals surface area contributed by atoms with Gasteiger partial charge in [-0.15, -0.1) is 0 Å². The number of anilines is 2. The molecule has 0 atom stereocenters. The lowest BCUT2D eigenvalue weighted by atomic mass is 10.3. The molecule has 0 fully saturated rings. The molecule has 0 unspecified atom stereocenters. The zero-order chi connectivity index (χ0) is 15.6. The van der Waals surface area contributed by atoms with Gasteiger partial charge in [-0.05, 0) is 31.2 Å². The van der Waals surface area contributed by atoms with Crippen molar-refractivity contribution in [3.05, 3.63) is 52.3 Å². The van der Waals surface area contributed by atoms with Gasteiger partial charge in [-0.25, -0.2) is 8.42 Å². The smallest absolute Gasteiger partial charge is 0.290 e. The van der Waals surface area contributed by atoms with Gasteiger partial charge in [0.1, 0.15) is 0 Å². The summed E-state index contributed by atoms with van der Waals surface area (Å²) in [5.41, 5.74) is 5.97. The van der Waals surface area contributed by atoms with Gasteiger partial charge in [0.15, 0.2) is 4.90 Å². The maximum atomic E-state index is 12.3. The highest BCUT2D eigenvalue weighted by atomic mass is 32.2. The van der Waals surface area contributed by atoms with E-state index in [1.165, 1.54) is 24.4 Å². The molecule has 21 heavy (non-hydrogen) atoms. The molecule has 0 aliphatic rings.